The van der Waals surface area contributed by atoms with Crippen LogP contribution in [0, 0.1) is 5.92 Å². The van der Waals surface area contributed by atoms with Crippen LogP contribution in [0.15, 0.2) is 36.4 Å². The first-order chi connectivity index (χ1) is 17.2. The molecule has 0 radical (unpaired) electrons. The molecule has 1 atom stereocenters. The van der Waals surface area contributed by atoms with Crippen molar-refractivity contribution in [3.8, 4) is 0 Å². The van der Waals surface area contributed by atoms with Crippen molar-refractivity contribution in [3.05, 3.63) is 62.1 Å². The third-order valence-electron chi connectivity index (χ3n) is 5.57. The highest BCUT2D eigenvalue weighted by Crippen LogP contribution is 2.31. The first-order valence-corrected chi connectivity index (χ1v) is 15.0. The van der Waals surface area contributed by atoms with Gasteiger partial charge >= 0.3 is 0 Å². The Hall–Kier alpha value is -1.71. The number of benzene rings is 2. The van der Waals surface area contributed by atoms with Crippen LogP contribution in [0.25, 0.3) is 0 Å². The molecule has 1 N–H and O–H groups in total. The lowest BCUT2D eigenvalue weighted by Gasteiger charge is -2.30. The van der Waals surface area contributed by atoms with E-state index >= 15 is 0 Å². The Kier molecular flexibility index (Phi) is 11.8. The Morgan fingerprint density at radius 1 is 0.973 bits per heavy atom. The zero-order chi connectivity index (χ0) is 27.9. The van der Waals surface area contributed by atoms with E-state index in [0.717, 1.165) is 10.6 Å². The molecule has 0 heterocycles. The van der Waals surface area contributed by atoms with Gasteiger partial charge in [-0.2, -0.15) is 0 Å². The highest BCUT2D eigenvalue weighted by Gasteiger charge is 2.28. The molecular weight excluding hydrogens is 580 g/mol. The molecule has 0 fully saturated rings. The molecule has 0 bridgehead atoms. The number of hydrogen-bond acceptors (Lipinski definition) is 4. The summed E-state index contributed by atoms with van der Waals surface area (Å²) < 4.78 is 26.1. The van der Waals surface area contributed by atoms with Crippen LogP contribution in [-0.4, -0.2) is 50.5 Å². The molecule has 7 nitrogen and oxygen atoms in total. The van der Waals surface area contributed by atoms with Crippen molar-refractivity contribution in [1.82, 2.24) is 10.2 Å². The van der Waals surface area contributed by atoms with Crippen LogP contribution in [0.5, 0.6) is 0 Å². The summed E-state index contributed by atoms with van der Waals surface area (Å²) in [5.74, 6) is -0.430. The largest absolute Gasteiger partial charge is 0.354 e. The molecule has 0 saturated heterocycles. The second-order valence-corrected chi connectivity index (χ2v) is 12.6. The standard InChI is InChI=1S/C25H31Cl4N3O4S/c1-16(2)14-30-25(34)17(3)31(15-19-20(27)7-5-8-21(19)28)24(33)9-6-12-32(37(4,35)36)23-13-18(26)10-11-22(23)29/h5,7-8,10-11,13,16-17H,6,9,12,14-15H2,1-4H3,(H,30,34)/t17-/m1/s1. The molecule has 2 amide bonds. The SMILES string of the molecule is CC(C)CNC(=O)[C@@H](C)N(Cc1c(Cl)cccc1Cl)C(=O)CCCN(c1cc(Cl)ccc1Cl)S(C)(=O)=O. The van der Waals surface area contributed by atoms with Crippen molar-refractivity contribution in [2.45, 2.75) is 46.2 Å². The number of carbonyl (C=O) groups is 2. The number of nitrogens with one attached hydrogen (secondary N) is 1. The van der Waals surface area contributed by atoms with Gasteiger partial charge in [0.05, 0.1) is 17.0 Å². The summed E-state index contributed by atoms with van der Waals surface area (Å²) in [6.45, 7) is 6.03. The number of halogens is 4. The molecule has 0 aliphatic rings. The molecule has 0 aliphatic heterocycles. The molecule has 37 heavy (non-hydrogen) atoms. The predicted molar refractivity (Wildman–Crippen MR) is 152 cm³/mol. The molecule has 204 valence electrons. The molecule has 0 aromatic heterocycles. The fourth-order valence-corrected chi connectivity index (χ4v) is 5.47. The van der Waals surface area contributed by atoms with Crippen LogP contribution in [0.2, 0.25) is 20.1 Å². The zero-order valence-electron chi connectivity index (χ0n) is 21.1. The Labute approximate surface area is 239 Å². The zero-order valence-corrected chi connectivity index (χ0v) is 24.9. The summed E-state index contributed by atoms with van der Waals surface area (Å²) in [5.41, 5.74) is 0.747. The summed E-state index contributed by atoms with van der Waals surface area (Å²) in [4.78, 5) is 27.6. The van der Waals surface area contributed by atoms with Crippen molar-refractivity contribution in [3.63, 3.8) is 0 Å². The Morgan fingerprint density at radius 2 is 1.59 bits per heavy atom. The lowest BCUT2D eigenvalue weighted by atomic mass is 10.1. The summed E-state index contributed by atoms with van der Waals surface area (Å²) in [7, 11) is -3.71. The second kappa shape index (κ2) is 13.9. The molecule has 0 saturated carbocycles. The van der Waals surface area contributed by atoms with E-state index in [9.17, 15) is 18.0 Å². The number of carbonyl (C=O) groups excluding carboxylic acids is 2. The Balaban J connectivity index is 2.25. The van der Waals surface area contributed by atoms with E-state index in [1.807, 2.05) is 13.8 Å². The fourth-order valence-electron chi connectivity index (χ4n) is 3.55. The maximum atomic E-state index is 13.4. The molecule has 12 heteroatoms. The molecule has 0 unspecified atom stereocenters. The van der Waals surface area contributed by atoms with Crippen molar-refractivity contribution in [2.75, 3.05) is 23.7 Å². The van der Waals surface area contributed by atoms with E-state index in [4.69, 9.17) is 46.4 Å². The minimum atomic E-state index is -3.71. The number of amides is 2. The van der Waals surface area contributed by atoms with Gasteiger partial charge in [-0.1, -0.05) is 66.3 Å². The first-order valence-electron chi connectivity index (χ1n) is 11.6. The summed E-state index contributed by atoms with van der Waals surface area (Å²) in [6.07, 6.45) is 1.19. The van der Waals surface area contributed by atoms with Gasteiger partial charge in [-0.25, -0.2) is 8.42 Å². The summed E-state index contributed by atoms with van der Waals surface area (Å²) in [6, 6.07) is 8.73. The molecule has 0 spiro atoms. The van der Waals surface area contributed by atoms with Crippen LogP contribution in [0.3, 0.4) is 0 Å². The van der Waals surface area contributed by atoms with E-state index in [1.54, 1.807) is 31.2 Å². The minimum absolute atomic E-state index is 0.0146. The van der Waals surface area contributed by atoms with E-state index in [1.165, 1.54) is 17.0 Å². The topological polar surface area (TPSA) is 86.8 Å². The predicted octanol–water partition coefficient (Wildman–Crippen LogP) is 6.04. The summed E-state index contributed by atoms with van der Waals surface area (Å²) in [5, 5.41) is 4.14. The van der Waals surface area contributed by atoms with E-state index < -0.39 is 16.1 Å². The third-order valence-corrected chi connectivity index (χ3v) is 8.01. The van der Waals surface area contributed by atoms with Crippen molar-refractivity contribution in [2.24, 2.45) is 5.92 Å². The van der Waals surface area contributed by atoms with Crippen molar-refractivity contribution in [1.29, 1.82) is 0 Å². The second-order valence-electron chi connectivity index (χ2n) is 9.07. The van der Waals surface area contributed by atoms with E-state index in [2.05, 4.69) is 5.32 Å². The lowest BCUT2D eigenvalue weighted by Crippen LogP contribution is -2.48. The van der Waals surface area contributed by atoms with Crippen molar-refractivity contribution >= 4 is 73.9 Å². The van der Waals surface area contributed by atoms with Crippen LogP contribution < -0.4 is 9.62 Å². The van der Waals surface area contributed by atoms with Gasteiger partial charge in [-0.15, -0.1) is 0 Å². The van der Waals surface area contributed by atoms with Gasteiger partial charge in [0.25, 0.3) is 0 Å². The molecule has 2 aromatic carbocycles. The maximum absolute atomic E-state index is 13.4. The van der Waals surface area contributed by atoms with Gasteiger partial charge in [-0.05, 0) is 49.6 Å². The molecule has 0 aliphatic carbocycles. The average molecular weight is 611 g/mol. The third kappa shape index (κ3) is 9.21. The normalized spacial score (nSPS) is 12.4. The van der Waals surface area contributed by atoms with Crippen molar-refractivity contribution < 1.29 is 18.0 Å². The van der Waals surface area contributed by atoms with Gasteiger partial charge in [0.1, 0.15) is 6.04 Å². The van der Waals surface area contributed by atoms with Gasteiger partial charge in [0, 0.05) is 46.7 Å². The Bertz CT molecular complexity index is 1200. The maximum Gasteiger partial charge on any atom is 0.242 e. The Morgan fingerprint density at radius 3 is 2.16 bits per heavy atom. The van der Waals surface area contributed by atoms with Gasteiger partial charge in [0.15, 0.2) is 0 Å². The van der Waals surface area contributed by atoms with E-state index in [0.29, 0.717) is 27.2 Å². The van der Waals surface area contributed by atoms with E-state index in [-0.39, 0.29) is 54.4 Å². The van der Waals surface area contributed by atoms with Crippen LogP contribution in [0.4, 0.5) is 5.69 Å². The quantitative estimate of drug-likeness (QED) is 0.318. The first kappa shape index (κ1) is 31.5. The monoisotopic (exact) mass is 609 g/mol. The van der Waals surface area contributed by atoms with Gasteiger partial charge < -0.3 is 10.2 Å². The van der Waals surface area contributed by atoms with Crippen LogP contribution in [0.1, 0.15) is 39.2 Å². The number of hydrogen-bond donors (Lipinski definition) is 1. The van der Waals surface area contributed by atoms with Crippen LogP contribution >= 0.6 is 46.4 Å². The molecule has 2 rings (SSSR count). The number of rotatable bonds is 12. The lowest BCUT2D eigenvalue weighted by molar-refractivity contribution is -0.140. The van der Waals surface area contributed by atoms with Gasteiger partial charge in [-0.3, -0.25) is 13.9 Å². The summed E-state index contributed by atoms with van der Waals surface area (Å²) >= 11 is 25.0. The van der Waals surface area contributed by atoms with Crippen LogP contribution in [-0.2, 0) is 26.2 Å². The fraction of sp³-hybridized carbons (Fsp3) is 0.440. The highest BCUT2D eigenvalue weighted by atomic mass is 35.5. The minimum Gasteiger partial charge on any atom is -0.354 e. The molecular formula is C25H31Cl4N3O4S. The smallest absolute Gasteiger partial charge is 0.242 e. The molecule has 2 aromatic rings. The number of anilines is 1. The van der Waals surface area contributed by atoms with Gasteiger partial charge in [0.2, 0.25) is 21.8 Å². The highest BCUT2D eigenvalue weighted by molar-refractivity contribution is 7.92. The number of nitrogens with zero attached hydrogens (tertiary/aromatic N) is 2. The average Bonchev–Trinajstić information content (AvgIpc) is 2.80. The number of sulfonamides is 1.